The molecule has 1 N–H and O–H groups in total. The molecule has 33 heavy (non-hydrogen) atoms. The summed E-state index contributed by atoms with van der Waals surface area (Å²) in [5, 5.41) is 15.2. The molecule has 3 heterocycles. The van der Waals surface area contributed by atoms with Crippen LogP contribution in [0.25, 0.3) is 16.7 Å². The van der Waals surface area contributed by atoms with Crippen molar-refractivity contribution in [2.75, 3.05) is 37.6 Å². The molecule has 1 atom stereocenters. The minimum atomic E-state index is -0.697. The molecular weight excluding hydrogens is 423 g/mol. The molecule has 1 fully saturated rings. The van der Waals surface area contributed by atoms with Gasteiger partial charge in [-0.25, -0.2) is 14.1 Å². The number of anilines is 1. The lowest BCUT2D eigenvalue weighted by Gasteiger charge is -2.36. The van der Waals surface area contributed by atoms with Gasteiger partial charge in [0.25, 0.3) is 5.56 Å². The Kier molecular flexibility index (Phi) is 5.89. The second-order valence-corrected chi connectivity index (χ2v) is 8.25. The molecule has 170 valence electrons. The van der Waals surface area contributed by atoms with Crippen molar-refractivity contribution in [3.05, 3.63) is 83.3 Å². The van der Waals surface area contributed by atoms with E-state index in [1.165, 1.54) is 39.6 Å². The van der Waals surface area contributed by atoms with Crippen LogP contribution in [-0.4, -0.2) is 68.2 Å². The van der Waals surface area contributed by atoms with Gasteiger partial charge in [0.1, 0.15) is 17.5 Å². The first-order valence-corrected chi connectivity index (χ1v) is 11.0. The average Bonchev–Trinajstić information content (AvgIpc) is 3.27. The van der Waals surface area contributed by atoms with E-state index in [4.69, 9.17) is 0 Å². The molecule has 1 unspecified atom stereocenters. The van der Waals surface area contributed by atoms with Gasteiger partial charge >= 0.3 is 0 Å². The van der Waals surface area contributed by atoms with Gasteiger partial charge in [-0.05, 0) is 36.4 Å². The Hall–Kier alpha value is -3.56. The second kappa shape index (κ2) is 9.13. The molecule has 0 aliphatic carbocycles. The highest BCUT2D eigenvalue weighted by atomic mass is 19.1. The van der Waals surface area contributed by atoms with Gasteiger partial charge in [0, 0.05) is 38.4 Å². The number of para-hydroxylation sites is 1. The third-order valence-corrected chi connectivity index (χ3v) is 6.00. The molecule has 0 saturated carbocycles. The van der Waals surface area contributed by atoms with Crippen LogP contribution in [0.2, 0.25) is 0 Å². The molecule has 1 saturated heterocycles. The van der Waals surface area contributed by atoms with Gasteiger partial charge in [0.15, 0.2) is 5.65 Å². The minimum Gasteiger partial charge on any atom is -0.390 e. The van der Waals surface area contributed by atoms with Crippen molar-refractivity contribution >= 4 is 16.7 Å². The molecule has 1 aliphatic heterocycles. The SMILES string of the molecule is O=c1c2cnn(-c3ccc(F)cc3)c2ncn1CC(O)CN1CCN(c2ccccc2)CC1. The first-order chi connectivity index (χ1) is 16.1. The molecule has 0 bridgehead atoms. The minimum absolute atomic E-state index is 0.155. The van der Waals surface area contributed by atoms with Crippen molar-refractivity contribution in [3.8, 4) is 5.69 Å². The van der Waals surface area contributed by atoms with Crippen LogP contribution in [-0.2, 0) is 6.54 Å². The molecule has 1 aliphatic rings. The van der Waals surface area contributed by atoms with Crippen molar-refractivity contribution in [2.45, 2.75) is 12.6 Å². The van der Waals surface area contributed by atoms with Gasteiger partial charge in [-0.1, -0.05) is 18.2 Å². The lowest BCUT2D eigenvalue weighted by molar-refractivity contribution is 0.0940. The van der Waals surface area contributed by atoms with Gasteiger partial charge in [-0.3, -0.25) is 14.3 Å². The quantitative estimate of drug-likeness (QED) is 0.486. The Morgan fingerprint density at radius 3 is 2.39 bits per heavy atom. The van der Waals surface area contributed by atoms with Crippen LogP contribution in [0.4, 0.5) is 10.1 Å². The maximum absolute atomic E-state index is 13.2. The van der Waals surface area contributed by atoms with Crippen molar-refractivity contribution in [2.24, 2.45) is 0 Å². The van der Waals surface area contributed by atoms with E-state index in [0.717, 1.165) is 26.2 Å². The van der Waals surface area contributed by atoms with Crippen LogP contribution < -0.4 is 10.5 Å². The lowest BCUT2D eigenvalue weighted by Crippen LogP contribution is -2.49. The Balaban J connectivity index is 1.23. The summed E-state index contributed by atoms with van der Waals surface area (Å²) in [6.45, 7) is 4.13. The number of rotatable bonds is 6. The number of β-amino-alcohol motifs (C(OH)–C–C–N with tert-alkyl or cyclic N) is 1. The molecule has 4 aromatic rings. The van der Waals surface area contributed by atoms with Crippen LogP contribution >= 0.6 is 0 Å². The number of aliphatic hydroxyl groups excluding tert-OH is 1. The highest BCUT2D eigenvalue weighted by molar-refractivity contribution is 5.74. The predicted molar refractivity (Wildman–Crippen MR) is 124 cm³/mol. The normalized spacial score (nSPS) is 15.8. The standard InChI is InChI=1S/C24H25FN6O2/c25-18-6-8-20(9-7-18)31-23-22(14-27-31)24(33)30(17-26-23)16-21(32)15-28-10-12-29(13-11-28)19-4-2-1-3-5-19/h1-9,14,17,21,32H,10-13,15-16H2. The molecule has 2 aromatic carbocycles. The van der Waals surface area contributed by atoms with Crippen LogP contribution in [0.15, 0.2) is 71.9 Å². The number of fused-ring (bicyclic) bond motifs is 1. The lowest BCUT2D eigenvalue weighted by atomic mass is 10.2. The number of benzene rings is 2. The second-order valence-electron chi connectivity index (χ2n) is 8.25. The highest BCUT2D eigenvalue weighted by Gasteiger charge is 2.20. The molecule has 9 heteroatoms. The van der Waals surface area contributed by atoms with E-state index in [0.29, 0.717) is 23.3 Å². The molecule has 0 amide bonds. The number of hydrogen-bond acceptors (Lipinski definition) is 6. The van der Waals surface area contributed by atoms with Gasteiger partial charge in [-0.2, -0.15) is 5.10 Å². The van der Waals surface area contributed by atoms with E-state index in [1.807, 2.05) is 18.2 Å². The fraction of sp³-hybridized carbons (Fsp3) is 0.292. The summed E-state index contributed by atoms with van der Waals surface area (Å²) in [6, 6.07) is 16.1. The van der Waals surface area contributed by atoms with Crippen LogP contribution in [0.3, 0.4) is 0 Å². The fourth-order valence-electron chi connectivity index (χ4n) is 4.26. The van der Waals surface area contributed by atoms with E-state index in [-0.39, 0.29) is 17.9 Å². The van der Waals surface area contributed by atoms with Gasteiger partial charge in [0.05, 0.1) is 24.5 Å². The Bertz CT molecular complexity index is 1280. The third kappa shape index (κ3) is 4.50. The zero-order valence-corrected chi connectivity index (χ0v) is 18.1. The molecule has 0 radical (unpaired) electrons. The van der Waals surface area contributed by atoms with Crippen molar-refractivity contribution < 1.29 is 9.50 Å². The number of halogens is 1. The predicted octanol–water partition coefficient (Wildman–Crippen LogP) is 1.90. The Morgan fingerprint density at radius 2 is 1.67 bits per heavy atom. The third-order valence-electron chi connectivity index (χ3n) is 6.00. The van der Waals surface area contributed by atoms with E-state index < -0.39 is 6.10 Å². The fourth-order valence-corrected chi connectivity index (χ4v) is 4.26. The van der Waals surface area contributed by atoms with Gasteiger partial charge in [-0.15, -0.1) is 0 Å². The topological polar surface area (TPSA) is 79.4 Å². The van der Waals surface area contributed by atoms with Crippen molar-refractivity contribution in [1.82, 2.24) is 24.2 Å². The zero-order chi connectivity index (χ0) is 22.8. The Morgan fingerprint density at radius 1 is 0.939 bits per heavy atom. The number of piperazine rings is 1. The van der Waals surface area contributed by atoms with Gasteiger partial charge < -0.3 is 10.0 Å². The Labute approximate surface area is 190 Å². The summed E-state index contributed by atoms with van der Waals surface area (Å²) in [6.07, 6.45) is 2.19. The van der Waals surface area contributed by atoms with Crippen LogP contribution in [0.5, 0.6) is 0 Å². The largest absolute Gasteiger partial charge is 0.390 e. The number of nitrogens with zero attached hydrogens (tertiary/aromatic N) is 6. The van der Waals surface area contributed by atoms with Crippen LogP contribution in [0, 0.1) is 5.82 Å². The highest BCUT2D eigenvalue weighted by Crippen LogP contribution is 2.16. The summed E-state index contributed by atoms with van der Waals surface area (Å²) < 4.78 is 16.1. The summed E-state index contributed by atoms with van der Waals surface area (Å²) in [4.78, 5) is 21.9. The zero-order valence-electron chi connectivity index (χ0n) is 18.1. The van der Waals surface area contributed by atoms with E-state index in [2.05, 4.69) is 32.0 Å². The van der Waals surface area contributed by atoms with Crippen LogP contribution in [0.1, 0.15) is 0 Å². The first kappa shape index (κ1) is 21.3. The summed E-state index contributed by atoms with van der Waals surface area (Å²) >= 11 is 0. The van der Waals surface area contributed by atoms with E-state index in [9.17, 15) is 14.3 Å². The number of aliphatic hydroxyl groups is 1. The molecule has 0 spiro atoms. The monoisotopic (exact) mass is 448 g/mol. The summed E-state index contributed by atoms with van der Waals surface area (Å²) in [5.74, 6) is -0.346. The average molecular weight is 449 g/mol. The maximum Gasteiger partial charge on any atom is 0.264 e. The van der Waals surface area contributed by atoms with Crippen molar-refractivity contribution in [1.29, 1.82) is 0 Å². The number of aromatic nitrogens is 4. The smallest absolute Gasteiger partial charge is 0.264 e. The van der Waals surface area contributed by atoms with Gasteiger partial charge in [0.2, 0.25) is 0 Å². The molecule has 5 rings (SSSR count). The first-order valence-electron chi connectivity index (χ1n) is 11.0. The summed E-state index contributed by atoms with van der Waals surface area (Å²) in [7, 11) is 0. The molecular formula is C24H25FN6O2. The van der Waals surface area contributed by atoms with E-state index >= 15 is 0 Å². The van der Waals surface area contributed by atoms with Crippen molar-refractivity contribution in [3.63, 3.8) is 0 Å². The number of hydrogen-bond donors (Lipinski definition) is 1. The molecule has 8 nitrogen and oxygen atoms in total. The maximum atomic E-state index is 13.2. The molecule has 2 aromatic heterocycles. The van der Waals surface area contributed by atoms with E-state index in [1.54, 1.807) is 12.1 Å². The summed E-state index contributed by atoms with van der Waals surface area (Å²) in [5.41, 5.74) is 1.96.